The molecule has 2 aromatic rings. The summed E-state index contributed by atoms with van der Waals surface area (Å²) in [7, 11) is 0. The zero-order valence-corrected chi connectivity index (χ0v) is 12.8. The first-order valence-electron chi connectivity index (χ1n) is 6.83. The summed E-state index contributed by atoms with van der Waals surface area (Å²) in [6.07, 6.45) is 0. The summed E-state index contributed by atoms with van der Waals surface area (Å²) in [5, 5.41) is 14.0. The standard InChI is InChI=1S/C16H20N4O/c1-11-6-5-7-12(10-11)17-15(21)13-8-9-14(20-19-13)18-16(2,3)4/h5-10H,1-4H3,(H,17,21)(H,18,20). The molecule has 0 saturated heterocycles. The average Bonchev–Trinajstić information content (AvgIpc) is 2.37. The van der Waals surface area contributed by atoms with Gasteiger partial charge < -0.3 is 10.6 Å². The van der Waals surface area contributed by atoms with E-state index in [1.54, 1.807) is 12.1 Å². The molecule has 0 bridgehead atoms. The zero-order chi connectivity index (χ0) is 15.5. The predicted octanol–water partition coefficient (Wildman–Crippen LogP) is 3.25. The van der Waals surface area contributed by atoms with Crippen molar-refractivity contribution in [2.45, 2.75) is 33.2 Å². The lowest BCUT2D eigenvalue weighted by Gasteiger charge is -2.20. The number of hydrogen-bond acceptors (Lipinski definition) is 4. The van der Waals surface area contributed by atoms with Crippen LogP contribution in [0, 0.1) is 6.92 Å². The Morgan fingerprint density at radius 3 is 2.43 bits per heavy atom. The van der Waals surface area contributed by atoms with Crippen molar-refractivity contribution in [1.29, 1.82) is 0 Å². The lowest BCUT2D eigenvalue weighted by atomic mass is 10.1. The Morgan fingerprint density at radius 1 is 1.10 bits per heavy atom. The van der Waals surface area contributed by atoms with E-state index in [2.05, 4.69) is 20.8 Å². The highest BCUT2D eigenvalue weighted by Gasteiger charge is 2.12. The lowest BCUT2D eigenvalue weighted by molar-refractivity contribution is 0.102. The van der Waals surface area contributed by atoms with Gasteiger partial charge in [0.05, 0.1) is 0 Å². The smallest absolute Gasteiger partial charge is 0.276 e. The van der Waals surface area contributed by atoms with Crippen LogP contribution in [0.2, 0.25) is 0 Å². The molecule has 5 heteroatoms. The number of hydrogen-bond donors (Lipinski definition) is 2. The Bertz CT molecular complexity index is 629. The van der Waals surface area contributed by atoms with Gasteiger partial charge >= 0.3 is 0 Å². The van der Waals surface area contributed by atoms with Crippen LogP contribution >= 0.6 is 0 Å². The number of carbonyl (C=O) groups is 1. The van der Waals surface area contributed by atoms with Crippen molar-refractivity contribution >= 4 is 17.4 Å². The molecule has 0 aliphatic heterocycles. The van der Waals surface area contributed by atoms with Gasteiger partial charge in [0.15, 0.2) is 5.69 Å². The van der Waals surface area contributed by atoms with Crippen LogP contribution in [0.15, 0.2) is 36.4 Å². The van der Waals surface area contributed by atoms with Crippen LogP contribution in [-0.2, 0) is 0 Å². The van der Waals surface area contributed by atoms with Crippen LogP contribution in [0.3, 0.4) is 0 Å². The quantitative estimate of drug-likeness (QED) is 0.908. The molecule has 2 rings (SSSR count). The molecule has 0 aliphatic rings. The molecule has 1 aromatic heterocycles. The van der Waals surface area contributed by atoms with E-state index in [1.807, 2.05) is 52.0 Å². The number of anilines is 2. The number of nitrogens with zero attached hydrogens (tertiary/aromatic N) is 2. The summed E-state index contributed by atoms with van der Waals surface area (Å²) in [6.45, 7) is 8.08. The molecule has 0 aliphatic carbocycles. The van der Waals surface area contributed by atoms with Gasteiger partial charge in [-0.25, -0.2) is 0 Å². The maximum atomic E-state index is 12.1. The molecule has 1 aromatic carbocycles. The normalized spacial score (nSPS) is 11.0. The van der Waals surface area contributed by atoms with Gasteiger partial charge in [0.25, 0.3) is 5.91 Å². The van der Waals surface area contributed by atoms with Crippen molar-refractivity contribution < 1.29 is 4.79 Å². The van der Waals surface area contributed by atoms with Gasteiger partial charge in [-0.15, -0.1) is 10.2 Å². The third kappa shape index (κ3) is 4.56. The van der Waals surface area contributed by atoms with E-state index in [0.29, 0.717) is 5.82 Å². The Morgan fingerprint density at radius 2 is 1.86 bits per heavy atom. The highest BCUT2D eigenvalue weighted by atomic mass is 16.1. The highest BCUT2D eigenvalue weighted by molar-refractivity contribution is 6.02. The Balaban J connectivity index is 2.06. The average molecular weight is 284 g/mol. The second-order valence-corrected chi connectivity index (χ2v) is 6.00. The molecular weight excluding hydrogens is 264 g/mol. The highest BCUT2D eigenvalue weighted by Crippen LogP contribution is 2.13. The molecule has 1 amide bonds. The molecular formula is C16H20N4O. The summed E-state index contributed by atoms with van der Waals surface area (Å²) in [6, 6.07) is 11.0. The molecule has 0 saturated carbocycles. The van der Waals surface area contributed by atoms with Gasteiger partial charge in [-0.05, 0) is 57.5 Å². The Kier molecular flexibility index (Phi) is 4.21. The van der Waals surface area contributed by atoms with Gasteiger partial charge in [0.1, 0.15) is 5.82 Å². The SMILES string of the molecule is Cc1cccc(NC(=O)c2ccc(NC(C)(C)C)nn2)c1. The fourth-order valence-corrected chi connectivity index (χ4v) is 1.82. The van der Waals surface area contributed by atoms with Crippen LogP contribution < -0.4 is 10.6 Å². The van der Waals surface area contributed by atoms with E-state index in [4.69, 9.17) is 0 Å². The minimum absolute atomic E-state index is 0.0972. The number of benzene rings is 1. The molecule has 21 heavy (non-hydrogen) atoms. The number of nitrogens with one attached hydrogen (secondary N) is 2. The maximum Gasteiger partial charge on any atom is 0.276 e. The van der Waals surface area contributed by atoms with Crippen molar-refractivity contribution in [1.82, 2.24) is 10.2 Å². The maximum absolute atomic E-state index is 12.1. The van der Waals surface area contributed by atoms with E-state index in [9.17, 15) is 4.79 Å². The first kappa shape index (κ1) is 15.0. The summed E-state index contributed by atoms with van der Waals surface area (Å²) in [5.74, 6) is 0.380. The van der Waals surface area contributed by atoms with Crippen molar-refractivity contribution in [2.75, 3.05) is 10.6 Å². The Hall–Kier alpha value is -2.43. The number of rotatable bonds is 3. The fourth-order valence-electron chi connectivity index (χ4n) is 1.82. The predicted molar refractivity (Wildman–Crippen MR) is 84.5 cm³/mol. The van der Waals surface area contributed by atoms with Crippen molar-refractivity contribution in [3.63, 3.8) is 0 Å². The van der Waals surface area contributed by atoms with E-state index in [0.717, 1.165) is 11.3 Å². The van der Waals surface area contributed by atoms with Crippen LogP contribution in [0.25, 0.3) is 0 Å². The molecule has 2 N–H and O–H groups in total. The molecule has 110 valence electrons. The summed E-state index contributed by atoms with van der Waals surface area (Å²) >= 11 is 0. The molecule has 0 radical (unpaired) electrons. The molecule has 0 unspecified atom stereocenters. The Labute approximate surface area is 124 Å². The van der Waals surface area contributed by atoms with Crippen molar-refractivity contribution in [3.05, 3.63) is 47.7 Å². The minimum atomic E-state index is -0.268. The van der Waals surface area contributed by atoms with Gasteiger partial charge in [0, 0.05) is 11.2 Å². The van der Waals surface area contributed by atoms with Crippen LogP contribution in [0.5, 0.6) is 0 Å². The van der Waals surface area contributed by atoms with Crippen molar-refractivity contribution in [2.24, 2.45) is 0 Å². The van der Waals surface area contributed by atoms with Crippen LogP contribution in [-0.4, -0.2) is 21.6 Å². The number of aromatic nitrogens is 2. The first-order chi connectivity index (χ1) is 9.83. The van der Waals surface area contributed by atoms with Gasteiger partial charge in [-0.1, -0.05) is 12.1 Å². The van der Waals surface area contributed by atoms with E-state index >= 15 is 0 Å². The number of carbonyl (C=O) groups excluding carboxylic acids is 1. The summed E-state index contributed by atoms with van der Waals surface area (Å²) in [4.78, 5) is 12.1. The van der Waals surface area contributed by atoms with Gasteiger partial charge in [0.2, 0.25) is 0 Å². The minimum Gasteiger partial charge on any atom is -0.364 e. The third-order valence-electron chi connectivity index (χ3n) is 2.68. The van der Waals surface area contributed by atoms with Crippen LogP contribution in [0.1, 0.15) is 36.8 Å². The fraction of sp³-hybridized carbons (Fsp3) is 0.312. The van der Waals surface area contributed by atoms with Crippen LogP contribution in [0.4, 0.5) is 11.5 Å². The summed E-state index contributed by atoms with van der Waals surface area (Å²) < 4.78 is 0. The molecule has 1 heterocycles. The molecule has 5 nitrogen and oxygen atoms in total. The van der Waals surface area contributed by atoms with E-state index in [-0.39, 0.29) is 17.1 Å². The second-order valence-electron chi connectivity index (χ2n) is 6.00. The second kappa shape index (κ2) is 5.91. The summed E-state index contributed by atoms with van der Waals surface area (Å²) in [5.41, 5.74) is 2.03. The molecule has 0 atom stereocenters. The number of aryl methyl sites for hydroxylation is 1. The van der Waals surface area contributed by atoms with Gasteiger partial charge in [-0.2, -0.15) is 0 Å². The topological polar surface area (TPSA) is 66.9 Å². The molecule has 0 spiro atoms. The molecule has 0 fully saturated rings. The van der Waals surface area contributed by atoms with E-state index in [1.165, 1.54) is 0 Å². The van der Waals surface area contributed by atoms with Crippen molar-refractivity contribution in [3.8, 4) is 0 Å². The lowest BCUT2D eigenvalue weighted by Crippen LogP contribution is -2.27. The zero-order valence-electron chi connectivity index (χ0n) is 12.8. The monoisotopic (exact) mass is 284 g/mol. The largest absolute Gasteiger partial charge is 0.364 e. The van der Waals surface area contributed by atoms with Gasteiger partial charge in [-0.3, -0.25) is 4.79 Å². The number of amides is 1. The van der Waals surface area contributed by atoms with E-state index < -0.39 is 0 Å². The third-order valence-corrected chi connectivity index (χ3v) is 2.68. The first-order valence-corrected chi connectivity index (χ1v) is 6.83.